The molecule has 1 aromatic rings. The Balaban J connectivity index is 2.25. The second-order valence-electron chi connectivity index (χ2n) is 4.81. The third-order valence-electron chi connectivity index (χ3n) is 3.61. The van der Waals surface area contributed by atoms with Crippen molar-refractivity contribution in [3.63, 3.8) is 0 Å². The van der Waals surface area contributed by atoms with E-state index in [1.165, 1.54) is 0 Å². The van der Waals surface area contributed by atoms with Gasteiger partial charge in [-0.3, -0.25) is 9.59 Å². The van der Waals surface area contributed by atoms with Crippen LogP contribution in [-0.4, -0.2) is 31.8 Å². The number of carbonyl (C=O) groups is 3. The van der Waals surface area contributed by atoms with Gasteiger partial charge in [0.25, 0.3) is 0 Å². The zero-order chi connectivity index (χ0) is 14.6. The van der Waals surface area contributed by atoms with E-state index in [-0.39, 0.29) is 31.7 Å². The predicted molar refractivity (Wildman–Crippen MR) is 70.4 cm³/mol. The summed E-state index contributed by atoms with van der Waals surface area (Å²) in [5.41, 5.74) is -0.376. The third-order valence-corrected chi connectivity index (χ3v) is 3.61. The first-order chi connectivity index (χ1) is 9.62. The van der Waals surface area contributed by atoms with Gasteiger partial charge >= 0.3 is 5.97 Å². The lowest BCUT2D eigenvalue weighted by atomic mass is 9.76. The fourth-order valence-corrected chi connectivity index (χ4v) is 2.42. The van der Waals surface area contributed by atoms with E-state index in [4.69, 9.17) is 9.47 Å². The molecule has 20 heavy (non-hydrogen) atoms. The van der Waals surface area contributed by atoms with E-state index in [1.54, 1.807) is 31.4 Å². The molecule has 1 saturated heterocycles. The molecule has 1 fully saturated rings. The van der Waals surface area contributed by atoms with E-state index in [0.717, 1.165) is 5.56 Å². The van der Waals surface area contributed by atoms with E-state index in [2.05, 4.69) is 0 Å². The highest BCUT2D eigenvalue weighted by molar-refractivity contribution is 6.09. The van der Waals surface area contributed by atoms with E-state index >= 15 is 0 Å². The van der Waals surface area contributed by atoms with Crippen molar-refractivity contribution < 1.29 is 23.9 Å². The molecule has 5 heteroatoms. The topological polar surface area (TPSA) is 69.7 Å². The van der Waals surface area contributed by atoms with Crippen LogP contribution in [0.15, 0.2) is 24.3 Å². The van der Waals surface area contributed by atoms with Crippen LogP contribution in [0.4, 0.5) is 0 Å². The number of esters is 1. The Morgan fingerprint density at radius 2 is 2.00 bits per heavy atom. The zero-order valence-corrected chi connectivity index (χ0v) is 11.3. The summed E-state index contributed by atoms with van der Waals surface area (Å²) in [5, 5.41) is 0. The molecule has 0 aliphatic carbocycles. The molecule has 0 radical (unpaired) electrons. The molecule has 0 saturated carbocycles. The van der Waals surface area contributed by atoms with Crippen molar-refractivity contribution in [2.75, 3.05) is 13.7 Å². The number of ketones is 1. The van der Waals surface area contributed by atoms with Crippen molar-refractivity contribution in [2.24, 2.45) is 5.41 Å². The van der Waals surface area contributed by atoms with Gasteiger partial charge in [0, 0.05) is 6.42 Å². The second kappa shape index (κ2) is 5.86. The number of hydrogen-bond donors (Lipinski definition) is 0. The number of ether oxygens (including phenoxy) is 2. The number of Topliss-reactive ketones (excluding diaryl/α,β-unsaturated/α-hetero) is 1. The first-order valence-electron chi connectivity index (χ1n) is 6.39. The fourth-order valence-electron chi connectivity index (χ4n) is 2.42. The van der Waals surface area contributed by atoms with Crippen molar-refractivity contribution in [3.8, 4) is 5.75 Å². The number of aldehydes is 1. The average Bonchev–Trinajstić information content (AvgIpc) is 2.74. The molecule has 0 spiro atoms. The van der Waals surface area contributed by atoms with Crippen molar-refractivity contribution in [2.45, 2.75) is 19.3 Å². The van der Waals surface area contributed by atoms with Gasteiger partial charge in [0.15, 0.2) is 12.4 Å². The second-order valence-corrected chi connectivity index (χ2v) is 4.81. The summed E-state index contributed by atoms with van der Waals surface area (Å²) in [5.74, 6) is -0.0728. The maximum atomic E-state index is 12.1. The summed E-state index contributed by atoms with van der Waals surface area (Å²) in [4.78, 5) is 34.6. The molecular weight excluding hydrogens is 260 g/mol. The number of cyclic esters (lactones) is 1. The highest BCUT2D eigenvalue weighted by Crippen LogP contribution is 2.36. The maximum Gasteiger partial charge on any atom is 0.320 e. The minimum Gasteiger partial charge on any atom is -0.497 e. The van der Waals surface area contributed by atoms with Crippen LogP contribution >= 0.6 is 0 Å². The van der Waals surface area contributed by atoms with Gasteiger partial charge < -0.3 is 14.3 Å². The molecule has 1 aliphatic heterocycles. The van der Waals surface area contributed by atoms with Gasteiger partial charge in [0.1, 0.15) is 17.5 Å². The number of rotatable bonds is 6. The van der Waals surface area contributed by atoms with E-state index < -0.39 is 11.4 Å². The molecule has 0 aromatic heterocycles. The predicted octanol–water partition coefficient (Wildman–Crippen LogP) is 1.33. The molecule has 1 aliphatic rings. The molecule has 1 aromatic carbocycles. The Kier molecular flexibility index (Phi) is 4.17. The molecule has 5 nitrogen and oxygen atoms in total. The fraction of sp³-hybridized carbons (Fsp3) is 0.400. The lowest BCUT2D eigenvalue weighted by Crippen LogP contribution is -2.36. The molecule has 106 valence electrons. The van der Waals surface area contributed by atoms with Crippen LogP contribution in [0.2, 0.25) is 0 Å². The highest BCUT2D eigenvalue weighted by Gasteiger charge is 2.51. The van der Waals surface area contributed by atoms with E-state index in [0.29, 0.717) is 12.0 Å². The SMILES string of the molecule is COc1ccc(C[C@]2(CCC=O)C(=O)COC2=O)cc1. The summed E-state index contributed by atoms with van der Waals surface area (Å²) >= 11 is 0. The van der Waals surface area contributed by atoms with Crippen molar-refractivity contribution in [1.82, 2.24) is 0 Å². The molecule has 2 rings (SSSR count). The Labute approximate surface area is 116 Å². The van der Waals surface area contributed by atoms with Gasteiger partial charge in [-0.25, -0.2) is 0 Å². The summed E-state index contributed by atoms with van der Waals surface area (Å²) in [6, 6.07) is 7.15. The molecule has 0 amide bonds. The molecule has 0 bridgehead atoms. The van der Waals surface area contributed by atoms with Gasteiger partial charge in [-0.2, -0.15) is 0 Å². The van der Waals surface area contributed by atoms with Crippen LogP contribution in [0.25, 0.3) is 0 Å². The lowest BCUT2D eigenvalue weighted by Gasteiger charge is -2.22. The molecular formula is C15H16O5. The smallest absolute Gasteiger partial charge is 0.320 e. The van der Waals surface area contributed by atoms with Crippen LogP contribution < -0.4 is 4.74 Å². The average molecular weight is 276 g/mol. The van der Waals surface area contributed by atoms with E-state index in [1.807, 2.05) is 0 Å². The standard InChI is InChI=1S/C15H16O5/c1-19-12-5-3-11(4-6-12)9-15(7-2-8-16)13(17)10-20-14(15)18/h3-6,8H,2,7,9-10H2,1H3/t15-/m1/s1. The van der Waals surface area contributed by atoms with Gasteiger partial charge in [-0.1, -0.05) is 12.1 Å². The van der Waals surface area contributed by atoms with E-state index in [9.17, 15) is 14.4 Å². The van der Waals surface area contributed by atoms with Crippen molar-refractivity contribution >= 4 is 18.0 Å². The van der Waals surface area contributed by atoms with Crippen molar-refractivity contribution in [1.29, 1.82) is 0 Å². The minimum atomic E-state index is -1.21. The number of benzene rings is 1. The third kappa shape index (κ3) is 2.57. The van der Waals surface area contributed by atoms with Crippen LogP contribution in [0.3, 0.4) is 0 Å². The first kappa shape index (κ1) is 14.2. The zero-order valence-electron chi connectivity index (χ0n) is 11.3. The van der Waals surface area contributed by atoms with Crippen LogP contribution in [-0.2, 0) is 25.5 Å². The monoisotopic (exact) mass is 276 g/mol. The summed E-state index contributed by atoms with van der Waals surface area (Å²) in [6.45, 7) is -0.201. The van der Waals surface area contributed by atoms with Gasteiger partial charge in [-0.05, 0) is 30.5 Å². The van der Waals surface area contributed by atoms with Gasteiger partial charge in [0.2, 0.25) is 0 Å². The Hall–Kier alpha value is -2.17. The summed E-state index contributed by atoms with van der Waals surface area (Å²) in [6.07, 6.45) is 1.33. The quantitative estimate of drug-likeness (QED) is 0.445. The molecule has 0 unspecified atom stereocenters. The Morgan fingerprint density at radius 3 is 2.50 bits per heavy atom. The number of methoxy groups -OCH3 is 1. The Bertz CT molecular complexity index is 502. The molecule has 0 N–H and O–H groups in total. The van der Waals surface area contributed by atoms with Crippen LogP contribution in [0.1, 0.15) is 18.4 Å². The Morgan fingerprint density at radius 1 is 1.30 bits per heavy atom. The van der Waals surface area contributed by atoms with Crippen LogP contribution in [0, 0.1) is 5.41 Å². The lowest BCUT2D eigenvalue weighted by molar-refractivity contribution is -0.147. The van der Waals surface area contributed by atoms with Crippen molar-refractivity contribution in [3.05, 3.63) is 29.8 Å². The van der Waals surface area contributed by atoms with Gasteiger partial charge in [-0.15, -0.1) is 0 Å². The van der Waals surface area contributed by atoms with Crippen LogP contribution in [0.5, 0.6) is 5.75 Å². The summed E-state index contributed by atoms with van der Waals surface area (Å²) in [7, 11) is 1.57. The molecule has 1 heterocycles. The first-order valence-corrected chi connectivity index (χ1v) is 6.39. The largest absolute Gasteiger partial charge is 0.497 e. The summed E-state index contributed by atoms with van der Waals surface area (Å²) < 4.78 is 9.93. The normalized spacial score (nSPS) is 21.6. The minimum absolute atomic E-state index is 0.164. The number of hydrogen-bond acceptors (Lipinski definition) is 5. The molecule has 1 atom stereocenters. The van der Waals surface area contributed by atoms with Gasteiger partial charge in [0.05, 0.1) is 7.11 Å². The highest BCUT2D eigenvalue weighted by atomic mass is 16.5. The maximum absolute atomic E-state index is 12.1. The number of carbonyl (C=O) groups excluding carboxylic acids is 3.